The predicted octanol–water partition coefficient (Wildman–Crippen LogP) is 4.97. The van der Waals surface area contributed by atoms with Crippen molar-refractivity contribution in [2.75, 3.05) is 5.32 Å². The normalized spacial score (nSPS) is 24.7. The Morgan fingerprint density at radius 1 is 1.22 bits per heavy atom. The maximum atomic E-state index is 11.3. The van der Waals surface area contributed by atoms with Crippen molar-refractivity contribution in [3.05, 3.63) is 75.8 Å². The zero-order valence-corrected chi connectivity index (χ0v) is 14.0. The SMILES string of the molecule is O=C(O)c1ccc2c(c1)[C@H]1C=CC[C@H]1[C@@H](c1cccc(Br)c1)N2. The number of allylic oxidation sites excluding steroid dienone is 2. The molecule has 0 saturated heterocycles. The van der Waals surface area contributed by atoms with Crippen LogP contribution in [0, 0.1) is 5.92 Å². The third kappa shape index (κ3) is 2.47. The van der Waals surface area contributed by atoms with E-state index in [2.05, 4.69) is 51.6 Å². The van der Waals surface area contributed by atoms with Crippen LogP contribution in [0.25, 0.3) is 0 Å². The number of rotatable bonds is 2. The fourth-order valence-electron chi connectivity index (χ4n) is 3.76. The van der Waals surface area contributed by atoms with Gasteiger partial charge < -0.3 is 10.4 Å². The molecule has 4 heteroatoms. The van der Waals surface area contributed by atoms with Crippen molar-refractivity contribution in [3.63, 3.8) is 0 Å². The van der Waals surface area contributed by atoms with Gasteiger partial charge in [0, 0.05) is 16.1 Å². The lowest BCUT2D eigenvalue weighted by molar-refractivity contribution is 0.0696. The number of fused-ring (bicyclic) bond motifs is 3. The molecule has 1 aliphatic carbocycles. The number of hydrogen-bond acceptors (Lipinski definition) is 2. The highest BCUT2D eigenvalue weighted by Gasteiger charge is 2.38. The number of halogens is 1. The van der Waals surface area contributed by atoms with Crippen LogP contribution in [-0.2, 0) is 0 Å². The van der Waals surface area contributed by atoms with Crippen LogP contribution in [0.1, 0.15) is 39.9 Å². The van der Waals surface area contributed by atoms with Crippen molar-refractivity contribution < 1.29 is 9.90 Å². The maximum absolute atomic E-state index is 11.3. The number of benzene rings is 2. The zero-order valence-electron chi connectivity index (χ0n) is 12.4. The highest BCUT2D eigenvalue weighted by Crippen LogP contribution is 2.50. The Labute approximate surface area is 143 Å². The van der Waals surface area contributed by atoms with E-state index in [4.69, 9.17) is 0 Å². The lowest BCUT2D eigenvalue weighted by Gasteiger charge is -2.37. The molecule has 0 fully saturated rings. The largest absolute Gasteiger partial charge is 0.478 e. The Morgan fingerprint density at radius 2 is 2.09 bits per heavy atom. The number of carboxylic acid groups (broad SMARTS) is 1. The molecule has 23 heavy (non-hydrogen) atoms. The molecule has 4 rings (SSSR count). The fourth-order valence-corrected chi connectivity index (χ4v) is 4.17. The van der Waals surface area contributed by atoms with Gasteiger partial charge in [-0.15, -0.1) is 0 Å². The van der Waals surface area contributed by atoms with Crippen molar-refractivity contribution in [1.82, 2.24) is 0 Å². The molecule has 0 unspecified atom stereocenters. The van der Waals surface area contributed by atoms with Crippen LogP contribution in [0.3, 0.4) is 0 Å². The molecule has 0 amide bonds. The number of hydrogen-bond donors (Lipinski definition) is 2. The van der Waals surface area contributed by atoms with Gasteiger partial charge in [0.1, 0.15) is 0 Å². The second-order valence-electron chi connectivity index (χ2n) is 6.14. The Bertz CT molecular complexity index is 815. The molecule has 2 aliphatic rings. The molecule has 116 valence electrons. The van der Waals surface area contributed by atoms with Gasteiger partial charge in [-0.25, -0.2) is 4.79 Å². The van der Waals surface area contributed by atoms with Crippen molar-refractivity contribution in [3.8, 4) is 0 Å². The third-order valence-electron chi connectivity index (χ3n) is 4.82. The summed E-state index contributed by atoms with van der Waals surface area (Å²) in [4.78, 5) is 11.3. The molecule has 1 heterocycles. The molecule has 2 N–H and O–H groups in total. The highest BCUT2D eigenvalue weighted by molar-refractivity contribution is 9.10. The smallest absolute Gasteiger partial charge is 0.335 e. The topological polar surface area (TPSA) is 49.3 Å². The fraction of sp³-hybridized carbons (Fsp3) is 0.211. The van der Waals surface area contributed by atoms with Gasteiger partial charge in [-0.2, -0.15) is 0 Å². The van der Waals surface area contributed by atoms with E-state index in [1.165, 1.54) is 5.56 Å². The van der Waals surface area contributed by atoms with Crippen LogP contribution in [0.5, 0.6) is 0 Å². The minimum Gasteiger partial charge on any atom is -0.478 e. The van der Waals surface area contributed by atoms with Gasteiger partial charge in [0.2, 0.25) is 0 Å². The molecule has 0 spiro atoms. The van der Waals surface area contributed by atoms with Crippen LogP contribution in [0.4, 0.5) is 5.69 Å². The molecule has 3 nitrogen and oxygen atoms in total. The van der Waals surface area contributed by atoms with E-state index < -0.39 is 5.97 Å². The van der Waals surface area contributed by atoms with E-state index in [1.807, 2.05) is 18.2 Å². The van der Waals surface area contributed by atoms with Crippen LogP contribution >= 0.6 is 15.9 Å². The van der Waals surface area contributed by atoms with Crippen LogP contribution in [0.15, 0.2) is 59.1 Å². The minimum absolute atomic E-state index is 0.232. The van der Waals surface area contributed by atoms with E-state index in [0.717, 1.165) is 22.1 Å². The summed E-state index contributed by atoms with van der Waals surface area (Å²) in [5.41, 5.74) is 3.74. The quantitative estimate of drug-likeness (QED) is 0.734. The minimum atomic E-state index is -0.875. The Balaban J connectivity index is 1.79. The summed E-state index contributed by atoms with van der Waals surface area (Å²) in [6.07, 6.45) is 5.44. The summed E-state index contributed by atoms with van der Waals surface area (Å²) >= 11 is 3.55. The molecule has 3 atom stereocenters. The first-order valence-electron chi connectivity index (χ1n) is 7.69. The second-order valence-corrected chi connectivity index (χ2v) is 7.05. The van der Waals surface area contributed by atoms with Crippen molar-refractivity contribution in [2.45, 2.75) is 18.4 Å². The first-order chi connectivity index (χ1) is 11.1. The van der Waals surface area contributed by atoms with Gasteiger partial charge >= 0.3 is 5.97 Å². The number of carbonyl (C=O) groups is 1. The second kappa shape index (κ2) is 5.53. The van der Waals surface area contributed by atoms with Gasteiger partial charge in [0.25, 0.3) is 0 Å². The van der Waals surface area contributed by atoms with Gasteiger partial charge in [0.15, 0.2) is 0 Å². The van der Waals surface area contributed by atoms with Gasteiger partial charge in [-0.05, 0) is 53.8 Å². The third-order valence-corrected chi connectivity index (χ3v) is 5.31. The predicted molar refractivity (Wildman–Crippen MR) is 93.9 cm³/mol. The van der Waals surface area contributed by atoms with E-state index in [-0.39, 0.29) is 12.0 Å². The number of aromatic carboxylic acids is 1. The molecule has 0 aromatic heterocycles. The molecule has 0 bridgehead atoms. The number of carboxylic acids is 1. The van der Waals surface area contributed by atoms with Crippen molar-refractivity contribution >= 4 is 27.6 Å². The van der Waals surface area contributed by atoms with E-state index in [0.29, 0.717) is 11.5 Å². The van der Waals surface area contributed by atoms with E-state index in [1.54, 1.807) is 6.07 Å². The summed E-state index contributed by atoms with van der Waals surface area (Å²) in [6.45, 7) is 0. The Kier molecular flexibility index (Phi) is 3.49. The summed E-state index contributed by atoms with van der Waals surface area (Å²) in [5, 5.41) is 12.9. The van der Waals surface area contributed by atoms with Gasteiger partial charge in [-0.3, -0.25) is 0 Å². The lowest BCUT2D eigenvalue weighted by atomic mass is 9.76. The van der Waals surface area contributed by atoms with Crippen molar-refractivity contribution in [1.29, 1.82) is 0 Å². The van der Waals surface area contributed by atoms with Gasteiger partial charge in [0.05, 0.1) is 11.6 Å². The molecule has 0 radical (unpaired) electrons. The molecule has 2 aromatic carbocycles. The van der Waals surface area contributed by atoms with Crippen molar-refractivity contribution in [2.24, 2.45) is 5.92 Å². The first-order valence-corrected chi connectivity index (χ1v) is 8.48. The molecular weight excluding hydrogens is 354 g/mol. The Morgan fingerprint density at radius 3 is 2.87 bits per heavy atom. The summed E-state index contributed by atoms with van der Waals surface area (Å²) in [5.74, 6) is -0.184. The summed E-state index contributed by atoms with van der Waals surface area (Å²) in [7, 11) is 0. The highest BCUT2D eigenvalue weighted by atomic mass is 79.9. The molecular formula is C19H16BrNO2. The van der Waals surface area contributed by atoms with Crippen LogP contribution in [0.2, 0.25) is 0 Å². The number of anilines is 1. The van der Waals surface area contributed by atoms with Crippen LogP contribution in [-0.4, -0.2) is 11.1 Å². The lowest BCUT2D eigenvalue weighted by Crippen LogP contribution is -2.29. The zero-order chi connectivity index (χ0) is 16.0. The number of nitrogens with one attached hydrogen (secondary N) is 1. The summed E-state index contributed by atoms with van der Waals surface area (Å²) in [6, 6.07) is 14.0. The van der Waals surface area contributed by atoms with E-state index in [9.17, 15) is 9.90 Å². The molecule has 2 aromatic rings. The Hall–Kier alpha value is -2.07. The molecule has 0 saturated carbocycles. The summed E-state index contributed by atoms with van der Waals surface area (Å²) < 4.78 is 1.08. The molecule has 1 aliphatic heterocycles. The average molecular weight is 370 g/mol. The average Bonchev–Trinajstić information content (AvgIpc) is 3.03. The van der Waals surface area contributed by atoms with E-state index >= 15 is 0 Å². The first kappa shape index (κ1) is 14.5. The van der Waals surface area contributed by atoms with Crippen LogP contribution < -0.4 is 5.32 Å². The maximum Gasteiger partial charge on any atom is 0.335 e. The standard InChI is InChI=1S/C19H16BrNO2/c20-13-4-1-3-11(9-13)18-15-6-2-5-14(15)16-10-12(19(22)23)7-8-17(16)21-18/h1-5,7-10,14-15,18,21H,6H2,(H,22,23)/t14-,15+,18+/m0/s1. The van der Waals surface area contributed by atoms with Gasteiger partial charge in [-0.1, -0.05) is 40.2 Å². The monoisotopic (exact) mass is 369 g/mol.